The number of hydrogen-bond acceptors (Lipinski definition) is 7. The second-order valence-electron chi connectivity index (χ2n) is 5.07. The van der Waals surface area contributed by atoms with Gasteiger partial charge in [0, 0.05) is 12.2 Å². The van der Waals surface area contributed by atoms with E-state index < -0.39 is 31.6 Å². The number of hydrogen-bond donors (Lipinski definition) is 5. The van der Waals surface area contributed by atoms with E-state index in [1.54, 1.807) is 0 Å². The number of H-pyrrole nitrogens is 1. The van der Waals surface area contributed by atoms with Gasteiger partial charge in [0.1, 0.15) is 6.10 Å². The van der Waals surface area contributed by atoms with Crippen LogP contribution in [0.2, 0.25) is 0 Å². The maximum atomic E-state index is 11.7. The number of nitrogens with zero attached hydrogens (tertiary/aromatic N) is 3. The van der Waals surface area contributed by atoms with Crippen LogP contribution in [0, 0.1) is 0 Å². The molecule has 0 radical (unpaired) electrons. The summed E-state index contributed by atoms with van der Waals surface area (Å²) in [5.41, 5.74) is 5.18. The van der Waals surface area contributed by atoms with Crippen LogP contribution in [0.5, 0.6) is 0 Å². The summed E-state index contributed by atoms with van der Waals surface area (Å²) < 4.78 is 17.8. The van der Waals surface area contributed by atoms with Gasteiger partial charge < -0.3 is 25.4 Å². The van der Waals surface area contributed by atoms with Gasteiger partial charge in [-0.2, -0.15) is 4.98 Å². The molecule has 11 nitrogen and oxygen atoms in total. The average Bonchev–Trinajstić information content (AvgIpc) is 2.99. The highest BCUT2D eigenvalue weighted by Gasteiger charge is 2.35. The highest BCUT2D eigenvalue weighted by Crippen LogP contribution is 2.38. The molecule has 3 atom stereocenters. The molecule has 0 spiro atoms. The maximum absolute atomic E-state index is 11.7. The fourth-order valence-electron chi connectivity index (χ4n) is 2.39. The molecule has 0 saturated carbocycles. The lowest BCUT2D eigenvalue weighted by Gasteiger charge is -2.16. The minimum Gasteiger partial charge on any atom is -0.388 e. The van der Waals surface area contributed by atoms with Crippen LogP contribution < -0.4 is 11.3 Å². The van der Waals surface area contributed by atoms with Crippen LogP contribution in [0.15, 0.2) is 23.0 Å². The van der Waals surface area contributed by atoms with Crippen LogP contribution in [0.3, 0.4) is 0 Å². The quantitative estimate of drug-likeness (QED) is 0.439. The summed E-state index contributed by atoms with van der Waals surface area (Å²) in [7, 11) is -4.31. The number of nitrogen functional groups attached to an aromatic ring is 1. The zero-order valence-corrected chi connectivity index (χ0v) is 12.5. The summed E-state index contributed by atoms with van der Waals surface area (Å²) in [5.74, 6) is 0.620. The number of aliphatic hydroxyl groups excluding tert-OH is 1. The van der Waals surface area contributed by atoms with Crippen LogP contribution in [0.4, 0.5) is 5.95 Å². The fraction of sp³-hybridized carbons (Fsp3) is 0.364. The molecule has 124 valence electrons. The zero-order valence-electron chi connectivity index (χ0n) is 11.6. The number of fused-ring (bicyclic) bond motifs is 1. The minimum atomic E-state index is -4.31. The number of aliphatic hydroxyl groups is 1. The van der Waals surface area contributed by atoms with Crippen molar-refractivity contribution in [3.8, 4) is 0 Å². The standard InChI is InChI=1S/C11H14N5O6P/c12-11-14-8-7(9(18)15-11)13-4-16(8)10-6(17)3-5(22-10)1-2-23(19,20)21/h1-2,4-6,10,17H,3H2,(H2,19,20,21)(H3,12,14,15,18)/b2-1+/t5-,6-,10-/m1/s1. The maximum Gasteiger partial charge on any atom is 0.348 e. The first-order valence-electron chi connectivity index (χ1n) is 6.55. The predicted molar refractivity (Wildman–Crippen MR) is 78.3 cm³/mol. The molecule has 6 N–H and O–H groups in total. The van der Waals surface area contributed by atoms with Gasteiger partial charge in [-0.1, -0.05) is 0 Å². The van der Waals surface area contributed by atoms with Crippen molar-refractivity contribution in [3.63, 3.8) is 0 Å². The molecular weight excluding hydrogens is 329 g/mol. The zero-order chi connectivity index (χ0) is 16.8. The number of nitrogens with two attached hydrogens (primary N) is 1. The van der Waals surface area contributed by atoms with Gasteiger partial charge in [-0.3, -0.25) is 18.9 Å². The molecule has 3 heterocycles. The van der Waals surface area contributed by atoms with Gasteiger partial charge in [-0.15, -0.1) is 0 Å². The number of nitrogens with one attached hydrogen (secondary N) is 1. The third-order valence-electron chi connectivity index (χ3n) is 3.34. The van der Waals surface area contributed by atoms with Crippen molar-refractivity contribution in [2.75, 3.05) is 5.73 Å². The van der Waals surface area contributed by atoms with E-state index in [9.17, 15) is 14.5 Å². The Bertz CT molecular complexity index is 869. The Kier molecular flexibility index (Phi) is 3.82. The van der Waals surface area contributed by atoms with E-state index in [-0.39, 0.29) is 23.5 Å². The summed E-state index contributed by atoms with van der Waals surface area (Å²) >= 11 is 0. The summed E-state index contributed by atoms with van der Waals surface area (Å²) in [6.07, 6.45) is 0.0349. The molecule has 0 amide bonds. The molecule has 0 bridgehead atoms. The molecule has 23 heavy (non-hydrogen) atoms. The lowest BCUT2D eigenvalue weighted by Crippen LogP contribution is -2.20. The lowest BCUT2D eigenvalue weighted by molar-refractivity contribution is -0.0227. The third kappa shape index (κ3) is 3.19. The van der Waals surface area contributed by atoms with Crippen LogP contribution in [-0.2, 0) is 9.30 Å². The molecule has 0 aromatic carbocycles. The topological polar surface area (TPSA) is 177 Å². The largest absolute Gasteiger partial charge is 0.388 e. The molecule has 1 saturated heterocycles. The normalized spacial score (nSPS) is 25.6. The highest BCUT2D eigenvalue weighted by molar-refractivity contribution is 7.55. The molecule has 12 heteroatoms. The second kappa shape index (κ2) is 5.55. The average molecular weight is 343 g/mol. The Hall–Kier alpha value is -2.04. The molecular formula is C11H14N5O6P. The molecule has 1 aliphatic heterocycles. The lowest BCUT2D eigenvalue weighted by atomic mass is 10.2. The molecule has 2 aromatic rings. The Morgan fingerprint density at radius 1 is 1.52 bits per heavy atom. The van der Waals surface area contributed by atoms with E-state index in [1.807, 2.05) is 0 Å². The first-order chi connectivity index (χ1) is 10.7. The van der Waals surface area contributed by atoms with Gasteiger partial charge >= 0.3 is 7.60 Å². The SMILES string of the molecule is Nc1nc2c(ncn2[C@@H]2O[C@H](/C=C/P(=O)(O)O)C[C@H]2O)c(=O)[nH]1. The second-order valence-corrected chi connectivity index (χ2v) is 6.55. The van der Waals surface area contributed by atoms with E-state index in [2.05, 4.69) is 15.0 Å². The Morgan fingerprint density at radius 2 is 2.26 bits per heavy atom. The van der Waals surface area contributed by atoms with E-state index >= 15 is 0 Å². The van der Waals surface area contributed by atoms with Crippen molar-refractivity contribution in [1.82, 2.24) is 19.5 Å². The van der Waals surface area contributed by atoms with Crippen molar-refractivity contribution in [3.05, 3.63) is 28.6 Å². The van der Waals surface area contributed by atoms with E-state index in [1.165, 1.54) is 17.0 Å². The van der Waals surface area contributed by atoms with Gasteiger partial charge in [0.25, 0.3) is 5.56 Å². The molecule has 0 unspecified atom stereocenters. The Morgan fingerprint density at radius 3 is 2.96 bits per heavy atom. The molecule has 0 aliphatic carbocycles. The number of rotatable bonds is 3. The molecule has 1 aliphatic rings. The van der Waals surface area contributed by atoms with Gasteiger partial charge in [0.15, 0.2) is 17.4 Å². The Labute approximate surface area is 128 Å². The number of imidazole rings is 1. The number of anilines is 1. The van der Waals surface area contributed by atoms with Crippen molar-refractivity contribution >= 4 is 24.7 Å². The highest BCUT2D eigenvalue weighted by atomic mass is 31.2. The minimum absolute atomic E-state index is 0.0456. The predicted octanol–water partition coefficient (Wildman–Crippen LogP) is -0.958. The van der Waals surface area contributed by atoms with E-state index in [0.29, 0.717) is 0 Å². The Balaban J connectivity index is 1.92. The van der Waals surface area contributed by atoms with Crippen LogP contribution >= 0.6 is 7.60 Å². The van der Waals surface area contributed by atoms with E-state index in [0.717, 1.165) is 5.82 Å². The van der Waals surface area contributed by atoms with Gasteiger partial charge in [-0.05, 0) is 6.08 Å². The van der Waals surface area contributed by atoms with Crippen molar-refractivity contribution < 1.29 is 24.2 Å². The first kappa shape index (κ1) is 15.8. The van der Waals surface area contributed by atoms with Gasteiger partial charge in [0.2, 0.25) is 5.95 Å². The van der Waals surface area contributed by atoms with Gasteiger partial charge in [0.05, 0.1) is 12.4 Å². The molecule has 1 fully saturated rings. The van der Waals surface area contributed by atoms with Crippen LogP contribution in [0.25, 0.3) is 11.2 Å². The van der Waals surface area contributed by atoms with Crippen molar-refractivity contribution in [2.24, 2.45) is 0 Å². The summed E-state index contributed by atoms with van der Waals surface area (Å²) in [6, 6.07) is 0. The summed E-state index contributed by atoms with van der Waals surface area (Å²) in [6.45, 7) is 0. The number of aromatic amines is 1. The third-order valence-corrected chi connectivity index (χ3v) is 3.90. The first-order valence-corrected chi connectivity index (χ1v) is 8.23. The number of aromatic nitrogens is 4. The van der Waals surface area contributed by atoms with Gasteiger partial charge in [-0.25, -0.2) is 4.98 Å². The summed E-state index contributed by atoms with van der Waals surface area (Å²) in [4.78, 5) is 39.6. The summed E-state index contributed by atoms with van der Waals surface area (Å²) in [5, 5.41) is 10.1. The van der Waals surface area contributed by atoms with Crippen molar-refractivity contribution in [1.29, 1.82) is 0 Å². The molecule has 2 aromatic heterocycles. The van der Waals surface area contributed by atoms with Crippen LogP contribution in [0.1, 0.15) is 12.6 Å². The smallest absolute Gasteiger partial charge is 0.348 e. The number of ether oxygens (including phenoxy) is 1. The molecule has 3 rings (SSSR count). The van der Waals surface area contributed by atoms with E-state index in [4.69, 9.17) is 20.3 Å². The fourth-order valence-corrected chi connectivity index (χ4v) is 2.81. The van der Waals surface area contributed by atoms with Crippen LogP contribution in [-0.4, -0.2) is 46.6 Å². The van der Waals surface area contributed by atoms with Crippen molar-refractivity contribution in [2.45, 2.75) is 24.9 Å². The monoisotopic (exact) mass is 343 g/mol.